The Morgan fingerprint density at radius 1 is 1.35 bits per heavy atom. The summed E-state index contributed by atoms with van der Waals surface area (Å²) in [5.74, 6) is 0.362. The predicted molar refractivity (Wildman–Crippen MR) is 71.8 cm³/mol. The van der Waals surface area contributed by atoms with Crippen LogP contribution in [0.15, 0.2) is 18.2 Å². The van der Waals surface area contributed by atoms with E-state index in [0.29, 0.717) is 18.5 Å². The van der Waals surface area contributed by atoms with Crippen molar-refractivity contribution in [2.45, 2.75) is 46.2 Å². The molecule has 0 bridgehead atoms. The summed E-state index contributed by atoms with van der Waals surface area (Å²) in [5, 5.41) is 3.61. The van der Waals surface area contributed by atoms with Gasteiger partial charge in [-0.05, 0) is 30.9 Å². The van der Waals surface area contributed by atoms with E-state index in [4.69, 9.17) is 11.6 Å². The van der Waals surface area contributed by atoms with Crippen molar-refractivity contribution in [1.29, 1.82) is 0 Å². The molecular weight excluding hydrogens is 237 g/mol. The second kappa shape index (κ2) is 6.97. The second-order valence-electron chi connectivity index (χ2n) is 4.74. The number of hydrogen-bond donors (Lipinski definition) is 1. The molecule has 0 aliphatic heterocycles. The van der Waals surface area contributed by atoms with Crippen molar-refractivity contribution in [1.82, 2.24) is 5.32 Å². The first-order valence-electron chi connectivity index (χ1n) is 6.20. The Hall–Kier alpha value is -0.600. The monoisotopic (exact) mass is 257 g/mol. The smallest absolute Gasteiger partial charge is 0.142 e. The summed E-state index contributed by atoms with van der Waals surface area (Å²) in [5.41, 5.74) is 0.822. The van der Waals surface area contributed by atoms with Gasteiger partial charge >= 0.3 is 0 Å². The number of halogens is 2. The zero-order valence-corrected chi connectivity index (χ0v) is 11.5. The van der Waals surface area contributed by atoms with E-state index in [1.807, 2.05) is 6.07 Å². The highest BCUT2D eigenvalue weighted by atomic mass is 35.5. The van der Waals surface area contributed by atoms with Crippen molar-refractivity contribution < 1.29 is 4.39 Å². The molecule has 1 aromatic rings. The Kier molecular flexibility index (Phi) is 5.93. The van der Waals surface area contributed by atoms with E-state index in [2.05, 4.69) is 26.1 Å². The lowest BCUT2D eigenvalue weighted by atomic mass is 10.0. The summed E-state index contributed by atoms with van der Waals surface area (Å²) in [7, 11) is 0. The average Bonchev–Trinajstić information content (AvgIpc) is 2.31. The zero-order chi connectivity index (χ0) is 12.8. The highest BCUT2D eigenvalue weighted by Crippen LogP contribution is 2.19. The third-order valence-corrected chi connectivity index (χ3v) is 3.55. The molecule has 0 spiro atoms. The van der Waals surface area contributed by atoms with Crippen molar-refractivity contribution in [3.63, 3.8) is 0 Å². The average molecular weight is 258 g/mol. The maximum atomic E-state index is 13.2. The largest absolute Gasteiger partial charge is 0.310 e. The van der Waals surface area contributed by atoms with Crippen LogP contribution in [-0.4, -0.2) is 6.04 Å². The first-order chi connectivity index (χ1) is 8.04. The lowest BCUT2D eigenvalue weighted by Crippen LogP contribution is -2.27. The maximum Gasteiger partial charge on any atom is 0.142 e. The minimum absolute atomic E-state index is 0.232. The van der Waals surface area contributed by atoms with Gasteiger partial charge in [0.05, 0.1) is 5.02 Å². The topological polar surface area (TPSA) is 12.0 Å². The van der Waals surface area contributed by atoms with Gasteiger partial charge in [0.25, 0.3) is 0 Å². The zero-order valence-electron chi connectivity index (χ0n) is 10.8. The van der Waals surface area contributed by atoms with Crippen LogP contribution in [0.1, 0.15) is 39.2 Å². The minimum atomic E-state index is -0.347. The number of nitrogens with one attached hydrogen (secondary N) is 1. The molecule has 1 nitrogen and oxygen atoms in total. The van der Waals surface area contributed by atoms with Crippen LogP contribution in [0.3, 0.4) is 0 Å². The fourth-order valence-corrected chi connectivity index (χ4v) is 2.02. The number of rotatable bonds is 6. The molecule has 0 saturated carbocycles. The molecule has 0 aromatic heterocycles. The Morgan fingerprint density at radius 2 is 2.06 bits per heavy atom. The van der Waals surface area contributed by atoms with Crippen LogP contribution in [-0.2, 0) is 6.54 Å². The van der Waals surface area contributed by atoms with Crippen LogP contribution >= 0.6 is 11.6 Å². The molecule has 0 radical (unpaired) electrons. The third kappa shape index (κ3) is 4.64. The second-order valence-corrected chi connectivity index (χ2v) is 5.12. The summed E-state index contributed by atoms with van der Waals surface area (Å²) in [6.45, 7) is 7.21. The van der Waals surface area contributed by atoms with Gasteiger partial charge < -0.3 is 5.32 Å². The lowest BCUT2D eigenvalue weighted by molar-refractivity contribution is 0.412. The molecular formula is C14H21ClFN. The van der Waals surface area contributed by atoms with E-state index < -0.39 is 0 Å². The van der Waals surface area contributed by atoms with Crippen LogP contribution in [0, 0.1) is 11.7 Å². The molecule has 0 fully saturated rings. The van der Waals surface area contributed by atoms with Crippen LogP contribution in [0.2, 0.25) is 5.02 Å². The van der Waals surface area contributed by atoms with Gasteiger partial charge in [-0.1, -0.05) is 44.0 Å². The van der Waals surface area contributed by atoms with Gasteiger partial charge in [0.1, 0.15) is 5.82 Å². The molecule has 0 aliphatic carbocycles. The quantitative estimate of drug-likeness (QED) is 0.797. The predicted octanol–water partition coefficient (Wildman–Crippen LogP) is 4.39. The van der Waals surface area contributed by atoms with Gasteiger partial charge in [0, 0.05) is 12.6 Å². The molecule has 0 aliphatic rings. The first kappa shape index (κ1) is 14.5. The van der Waals surface area contributed by atoms with E-state index in [1.54, 1.807) is 6.07 Å². The standard InChI is InChI=1S/C14H21ClFN/c1-4-10(2)8-11(3)17-9-12-6-5-7-13(16)14(12)15/h5-7,10-11,17H,4,8-9H2,1-3H3. The molecule has 0 saturated heterocycles. The molecule has 0 heterocycles. The Balaban J connectivity index is 2.47. The van der Waals surface area contributed by atoms with Crippen molar-refractivity contribution in [2.24, 2.45) is 5.92 Å². The summed E-state index contributed by atoms with van der Waals surface area (Å²) in [6.07, 6.45) is 2.32. The molecule has 1 aromatic carbocycles. The molecule has 96 valence electrons. The number of hydrogen-bond acceptors (Lipinski definition) is 1. The normalized spacial score (nSPS) is 14.6. The van der Waals surface area contributed by atoms with E-state index in [0.717, 1.165) is 12.0 Å². The van der Waals surface area contributed by atoms with Crippen LogP contribution < -0.4 is 5.32 Å². The molecule has 2 atom stereocenters. The fourth-order valence-electron chi connectivity index (χ4n) is 1.82. The van der Waals surface area contributed by atoms with E-state index in [-0.39, 0.29) is 10.8 Å². The minimum Gasteiger partial charge on any atom is -0.310 e. The highest BCUT2D eigenvalue weighted by Gasteiger charge is 2.09. The molecule has 2 unspecified atom stereocenters. The third-order valence-electron chi connectivity index (χ3n) is 3.13. The maximum absolute atomic E-state index is 13.2. The molecule has 0 amide bonds. The molecule has 1 rings (SSSR count). The number of benzene rings is 1. The Bertz CT molecular complexity index is 354. The van der Waals surface area contributed by atoms with Crippen molar-refractivity contribution in [3.05, 3.63) is 34.6 Å². The highest BCUT2D eigenvalue weighted by molar-refractivity contribution is 6.31. The van der Waals surface area contributed by atoms with Gasteiger partial charge in [-0.15, -0.1) is 0 Å². The lowest BCUT2D eigenvalue weighted by Gasteiger charge is -2.18. The summed E-state index contributed by atoms with van der Waals surface area (Å²) < 4.78 is 13.2. The van der Waals surface area contributed by atoms with Crippen molar-refractivity contribution in [3.8, 4) is 0 Å². The van der Waals surface area contributed by atoms with Gasteiger partial charge in [-0.2, -0.15) is 0 Å². The van der Waals surface area contributed by atoms with Crippen molar-refractivity contribution >= 4 is 11.6 Å². The van der Waals surface area contributed by atoms with E-state index in [9.17, 15) is 4.39 Å². The van der Waals surface area contributed by atoms with Gasteiger partial charge in [0.2, 0.25) is 0 Å². The van der Waals surface area contributed by atoms with E-state index >= 15 is 0 Å². The summed E-state index contributed by atoms with van der Waals surface area (Å²) >= 11 is 5.89. The van der Waals surface area contributed by atoms with Gasteiger partial charge in [0.15, 0.2) is 0 Å². The van der Waals surface area contributed by atoms with Crippen LogP contribution in [0.5, 0.6) is 0 Å². The molecule has 3 heteroatoms. The SMILES string of the molecule is CCC(C)CC(C)NCc1cccc(F)c1Cl. The molecule has 1 N–H and O–H groups in total. The first-order valence-corrected chi connectivity index (χ1v) is 6.58. The van der Waals surface area contributed by atoms with Crippen LogP contribution in [0.25, 0.3) is 0 Å². The molecule has 17 heavy (non-hydrogen) atoms. The van der Waals surface area contributed by atoms with Crippen molar-refractivity contribution in [2.75, 3.05) is 0 Å². The Labute approximate surface area is 108 Å². The van der Waals surface area contributed by atoms with Gasteiger partial charge in [-0.25, -0.2) is 4.39 Å². The van der Waals surface area contributed by atoms with E-state index in [1.165, 1.54) is 12.5 Å². The van der Waals surface area contributed by atoms with Crippen LogP contribution in [0.4, 0.5) is 4.39 Å². The van der Waals surface area contributed by atoms with Gasteiger partial charge in [-0.3, -0.25) is 0 Å². The summed E-state index contributed by atoms with van der Waals surface area (Å²) in [4.78, 5) is 0. The Morgan fingerprint density at radius 3 is 2.71 bits per heavy atom. The fraction of sp³-hybridized carbons (Fsp3) is 0.571. The summed E-state index contributed by atoms with van der Waals surface area (Å²) in [6, 6.07) is 5.35.